The molecule has 0 radical (unpaired) electrons. The van der Waals surface area contributed by atoms with Crippen LogP contribution in [0.3, 0.4) is 0 Å². The highest BCUT2D eigenvalue weighted by atomic mass is 16.5. The highest BCUT2D eigenvalue weighted by Gasteiger charge is 2.48. The molecule has 2 heterocycles. The van der Waals surface area contributed by atoms with Gasteiger partial charge in [-0.15, -0.1) is 0 Å². The monoisotopic (exact) mass is 523 g/mol. The van der Waals surface area contributed by atoms with Gasteiger partial charge in [-0.25, -0.2) is 0 Å². The lowest BCUT2D eigenvalue weighted by molar-refractivity contribution is -0.132. The smallest absolute Gasteiger partial charge is 0.300 e. The summed E-state index contributed by atoms with van der Waals surface area (Å²) >= 11 is 0. The van der Waals surface area contributed by atoms with Gasteiger partial charge in [-0.2, -0.15) is 0 Å². The van der Waals surface area contributed by atoms with Crippen molar-refractivity contribution in [1.82, 2.24) is 0 Å². The molecule has 1 atom stereocenters. The van der Waals surface area contributed by atoms with Gasteiger partial charge >= 0.3 is 0 Å². The molecule has 0 aliphatic carbocycles. The first-order valence-corrected chi connectivity index (χ1v) is 12.8. The van der Waals surface area contributed by atoms with Crippen LogP contribution in [-0.4, -0.2) is 23.4 Å². The zero-order chi connectivity index (χ0) is 27.4. The zero-order valence-electron chi connectivity index (χ0n) is 21.8. The number of Topliss-reactive ketones (excluding diaryl/α,β-unsaturated/α-hetero) is 1. The molecule has 7 heteroatoms. The molecule has 0 bridgehead atoms. The van der Waals surface area contributed by atoms with Crippen LogP contribution in [0.15, 0.2) is 101 Å². The maximum absolute atomic E-state index is 13.4. The molecule has 5 rings (SSSR count). The van der Waals surface area contributed by atoms with Crippen LogP contribution in [0.4, 0.5) is 5.69 Å². The van der Waals surface area contributed by atoms with Crippen molar-refractivity contribution in [2.45, 2.75) is 32.9 Å². The highest BCUT2D eigenvalue weighted by Crippen LogP contribution is 2.43. The summed E-state index contributed by atoms with van der Waals surface area (Å²) < 4.78 is 17.4. The Bertz CT molecular complexity index is 1510. The fourth-order valence-corrected chi connectivity index (χ4v) is 4.61. The number of anilines is 1. The molecule has 1 fully saturated rings. The van der Waals surface area contributed by atoms with Gasteiger partial charge in [-0.05, 0) is 66.9 Å². The van der Waals surface area contributed by atoms with E-state index in [0.29, 0.717) is 41.7 Å². The number of aryl methyl sites for hydroxylation is 1. The molecule has 3 aromatic carbocycles. The van der Waals surface area contributed by atoms with Gasteiger partial charge in [0.05, 0.1) is 18.4 Å². The fourth-order valence-electron chi connectivity index (χ4n) is 4.61. The van der Waals surface area contributed by atoms with Crippen LogP contribution in [0, 0.1) is 6.92 Å². The van der Waals surface area contributed by atoms with Gasteiger partial charge in [-0.3, -0.25) is 14.5 Å². The predicted molar refractivity (Wildman–Crippen MR) is 148 cm³/mol. The summed E-state index contributed by atoms with van der Waals surface area (Å²) in [5.41, 5.74) is 2.62. The average Bonchev–Trinajstić information content (AvgIpc) is 3.58. The maximum Gasteiger partial charge on any atom is 0.300 e. The maximum atomic E-state index is 13.4. The number of carbonyl (C=O) groups is 2. The molecule has 39 heavy (non-hydrogen) atoms. The van der Waals surface area contributed by atoms with E-state index in [-0.39, 0.29) is 11.3 Å². The van der Waals surface area contributed by atoms with Crippen molar-refractivity contribution in [2.75, 3.05) is 11.5 Å². The van der Waals surface area contributed by atoms with Gasteiger partial charge in [0, 0.05) is 17.3 Å². The number of benzene rings is 3. The van der Waals surface area contributed by atoms with Gasteiger partial charge in [0.25, 0.3) is 11.7 Å². The van der Waals surface area contributed by atoms with Gasteiger partial charge in [-0.1, -0.05) is 43.3 Å². The van der Waals surface area contributed by atoms with Gasteiger partial charge < -0.3 is 19.0 Å². The second-order valence-corrected chi connectivity index (χ2v) is 9.28. The van der Waals surface area contributed by atoms with E-state index in [0.717, 1.165) is 17.5 Å². The minimum absolute atomic E-state index is 0.0489. The number of amides is 1. The van der Waals surface area contributed by atoms with Crippen molar-refractivity contribution >= 4 is 23.1 Å². The largest absolute Gasteiger partial charge is 0.507 e. The van der Waals surface area contributed by atoms with Crippen LogP contribution in [0.25, 0.3) is 5.76 Å². The first kappa shape index (κ1) is 25.9. The second-order valence-electron chi connectivity index (χ2n) is 9.28. The summed E-state index contributed by atoms with van der Waals surface area (Å²) in [4.78, 5) is 28.1. The lowest BCUT2D eigenvalue weighted by Gasteiger charge is -2.24. The normalized spacial score (nSPS) is 16.5. The molecular formula is C32H29NO6. The van der Waals surface area contributed by atoms with Gasteiger partial charge in [0.15, 0.2) is 0 Å². The Morgan fingerprint density at radius 1 is 0.949 bits per heavy atom. The topological polar surface area (TPSA) is 89.2 Å². The summed E-state index contributed by atoms with van der Waals surface area (Å²) in [6.07, 6.45) is 2.30. The molecule has 4 aromatic rings. The number of rotatable bonds is 9. The number of aliphatic hydroxyl groups is 1. The molecule has 0 spiro atoms. The van der Waals surface area contributed by atoms with Crippen LogP contribution < -0.4 is 14.4 Å². The number of ether oxygens (including phenoxy) is 2. The van der Waals surface area contributed by atoms with Crippen LogP contribution in [0.1, 0.15) is 41.8 Å². The third-order valence-corrected chi connectivity index (χ3v) is 6.51. The van der Waals surface area contributed by atoms with Crippen LogP contribution in [0.2, 0.25) is 0 Å². The number of hydrogen-bond acceptors (Lipinski definition) is 6. The lowest BCUT2D eigenvalue weighted by atomic mass is 9.98. The quantitative estimate of drug-likeness (QED) is 0.151. The molecule has 0 saturated carbocycles. The molecule has 1 saturated heterocycles. The van der Waals surface area contributed by atoms with E-state index in [1.54, 1.807) is 54.6 Å². The zero-order valence-corrected chi connectivity index (χ0v) is 21.8. The van der Waals surface area contributed by atoms with Crippen molar-refractivity contribution in [3.63, 3.8) is 0 Å². The van der Waals surface area contributed by atoms with Gasteiger partial charge in [0.1, 0.15) is 35.7 Å². The van der Waals surface area contributed by atoms with E-state index in [9.17, 15) is 14.7 Å². The molecule has 1 amide bonds. The number of ketones is 1. The molecule has 1 aliphatic heterocycles. The van der Waals surface area contributed by atoms with Crippen LogP contribution in [-0.2, 0) is 16.2 Å². The van der Waals surface area contributed by atoms with Crippen molar-refractivity contribution in [1.29, 1.82) is 0 Å². The molecule has 1 N–H and O–H groups in total. The van der Waals surface area contributed by atoms with E-state index in [4.69, 9.17) is 13.9 Å². The number of nitrogens with zero attached hydrogens (tertiary/aromatic N) is 1. The fraction of sp³-hybridized carbons (Fsp3) is 0.188. The highest BCUT2D eigenvalue weighted by molar-refractivity contribution is 6.51. The molecule has 1 unspecified atom stereocenters. The van der Waals surface area contributed by atoms with Crippen molar-refractivity contribution in [2.24, 2.45) is 0 Å². The van der Waals surface area contributed by atoms with Crippen molar-refractivity contribution < 1.29 is 28.6 Å². The number of furan rings is 1. The average molecular weight is 524 g/mol. The van der Waals surface area contributed by atoms with Gasteiger partial charge in [0.2, 0.25) is 0 Å². The third-order valence-electron chi connectivity index (χ3n) is 6.51. The standard InChI is InChI=1S/C32H29NO6/c1-3-16-37-25-12-7-11-24(19-25)33-29(27-13-8-17-38-27)28(31(35)32(33)36)30(34)23-14-15-26(21(2)18-23)39-20-22-9-5-4-6-10-22/h4-15,17-19,29,34H,3,16,20H2,1-2H3/b30-28-. The van der Waals surface area contributed by atoms with E-state index >= 15 is 0 Å². The molecular weight excluding hydrogens is 494 g/mol. The van der Waals surface area contributed by atoms with Crippen LogP contribution in [0.5, 0.6) is 11.5 Å². The van der Waals surface area contributed by atoms with E-state index in [1.165, 1.54) is 11.2 Å². The number of carbonyl (C=O) groups excluding carboxylic acids is 2. The molecule has 198 valence electrons. The summed E-state index contributed by atoms with van der Waals surface area (Å²) in [5.74, 6) is -0.247. The molecule has 1 aliphatic rings. The summed E-state index contributed by atoms with van der Waals surface area (Å²) in [7, 11) is 0. The number of aliphatic hydroxyl groups excluding tert-OH is 1. The Morgan fingerprint density at radius 3 is 2.49 bits per heavy atom. The molecule has 1 aromatic heterocycles. The Morgan fingerprint density at radius 2 is 1.77 bits per heavy atom. The minimum Gasteiger partial charge on any atom is -0.507 e. The van der Waals surface area contributed by atoms with E-state index in [1.807, 2.05) is 44.2 Å². The molecule has 7 nitrogen and oxygen atoms in total. The van der Waals surface area contributed by atoms with Crippen molar-refractivity contribution in [3.05, 3.63) is 119 Å². The Balaban J connectivity index is 1.51. The van der Waals surface area contributed by atoms with E-state index < -0.39 is 17.7 Å². The summed E-state index contributed by atoms with van der Waals surface area (Å²) in [6, 6.07) is 24.4. The third kappa shape index (κ3) is 5.29. The minimum atomic E-state index is -0.948. The predicted octanol–water partition coefficient (Wildman–Crippen LogP) is 6.58. The Kier molecular flexibility index (Phi) is 7.50. The Labute approximate surface area is 226 Å². The van der Waals surface area contributed by atoms with Crippen molar-refractivity contribution in [3.8, 4) is 11.5 Å². The number of hydrogen-bond donors (Lipinski definition) is 1. The summed E-state index contributed by atoms with van der Waals surface area (Å²) in [6.45, 7) is 4.79. The first-order valence-electron chi connectivity index (χ1n) is 12.8. The SMILES string of the molecule is CCCOc1cccc(N2C(=O)C(=O)/C(=C(\O)c3ccc(OCc4ccccc4)c(C)c3)C2c2ccco2)c1. The first-order chi connectivity index (χ1) is 19.0. The second kappa shape index (κ2) is 11.3. The lowest BCUT2D eigenvalue weighted by Crippen LogP contribution is -2.29. The van der Waals surface area contributed by atoms with E-state index in [2.05, 4.69) is 0 Å². The Hall–Kier alpha value is -4.78. The van der Waals surface area contributed by atoms with Crippen LogP contribution >= 0.6 is 0 Å². The summed E-state index contributed by atoms with van der Waals surface area (Å²) in [5, 5.41) is 11.4.